The maximum Gasteiger partial charge on any atom is 0.271 e. The van der Waals surface area contributed by atoms with E-state index in [-0.39, 0.29) is 11.4 Å². The van der Waals surface area contributed by atoms with Crippen LogP contribution in [0.4, 0.5) is 17.1 Å². The molecule has 0 aliphatic carbocycles. The van der Waals surface area contributed by atoms with E-state index in [1.807, 2.05) is 12.3 Å². The number of anilines is 2. The van der Waals surface area contributed by atoms with Gasteiger partial charge in [-0.1, -0.05) is 12.1 Å². The van der Waals surface area contributed by atoms with E-state index in [9.17, 15) is 23.3 Å². The van der Waals surface area contributed by atoms with E-state index >= 15 is 0 Å². The fourth-order valence-electron chi connectivity index (χ4n) is 2.68. The molecule has 0 heterocycles. The molecule has 0 aromatic heterocycles. The number of nitro groups is 1. The number of carbonyl (C=O) groups is 1. The SMILES string of the molecule is CSc1cccc(NC(=O)[C@H](C)N(c2cc([N+](=O)[O-])ccc2C)S(C)(=O)=O)c1. The molecule has 1 N–H and O–H groups in total. The Kier molecular flexibility index (Phi) is 6.68. The number of carbonyl (C=O) groups excluding carboxylic acids is 1. The van der Waals surface area contributed by atoms with Gasteiger partial charge in [0, 0.05) is 22.7 Å². The van der Waals surface area contributed by atoms with Crippen LogP contribution in [-0.2, 0) is 14.8 Å². The van der Waals surface area contributed by atoms with Crippen molar-refractivity contribution in [3.63, 3.8) is 0 Å². The van der Waals surface area contributed by atoms with Crippen LogP contribution in [0.1, 0.15) is 12.5 Å². The molecule has 0 saturated carbocycles. The summed E-state index contributed by atoms with van der Waals surface area (Å²) in [5, 5.41) is 13.8. The third kappa shape index (κ3) is 5.02. The number of sulfonamides is 1. The van der Waals surface area contributed by atoms with Gasteiger partial charge in [-0.05, 0) is 43.9 Å². The normalized spacial score (nSPS) is 12.3. The van der Waals surface area contributed by atoms with Gasteiger partial charge >= 0.3 is 0 Å². The second-order valence-corrected chi connectivity index (χ2v) is 8.92. The summed E-state index contributed by atoms with van der Waals surface area (Å²) in [5.41, 5.74) is 0.875. The first kappa shape index (κ1) is 21.7. The highest BCUT2D eigenvalue weighted by molar-refractivity contribution is 7.98. The monoisotopic (exact) mass is 423 g/mol. The first-order valence-corrected chi connectivity index (χ1v) is 11.3. The molecule has 0 radical (unpaired) electrons. The molecule has 150 valence electrons. The largest absolute Gasteiger partial charge is 0.324 e. The first-order chi connectivity index (χ1) is 13.0. The average Bonchev–Trinajstić information content (AvgIpc) is 2.62. The maximum atomic E-state index is 12.7. The van der Waals surface area contributed by atoms with Crippen LogP contribution in [-0.4, -0.2) is 37.8 Å². The molecule has 10 heteroatoms. The molecule has 2 aromatic carbocycles. The molecule has 0 saturated heterocycles. The molecule has 0 aliphatic heterocycles. The Balaban J connectivity index is 2.42. The Morgan fingerprint density at radius 2 is 1.93 bits per heavy atom. The fraction of sp³-hybridized carbons (Fsp3) is 0.278. The highest BCUT2D eigenvalue weighted by Crippen LogP contribution is 2.29. The van der Waals surface area contributed by atoms with Crippen molar-refractivity contribution in [2.75, 3.05) is 22.1 Å². The third-order valence-electron chi connectivity index (χ3n) is 4.07. The van der Waals surface area contributed by atoms with E-state index < -0.39 is 26.9 Å². The van der Waals surface area contributed by atoms with Gasteiger partial charge in [-0.15, -0.1) is 11.8 Å². The van der Waals surface area contributed by atoms with Crippen molar-refractivity contribution in [2.24, 2.45) is 0 Å². The van der Waals surface area contributed by atoms with Gasteiger partial charge < -0.3 is 5.32 Å². The van der Waals surface area contributed by atoms with Crippen LogP contribution < -0.4 is 9.62 Å². The van der Waals surface area contributed by atoms with E-state index in [0.717, 1.165) is 21.5 Å². The predicted octanol–water partition coefficient (Wildman–Crippen LogP) is 3.42. The molecule has 0 bridgehead atoms. The van der Waals surface area contributed by atoms with Gasteiger partial charge in [-0.3, -0.25) is 19.2 Å². The number of rotatable bonds is 7. The number of non-ortho nitro benzene ring substituents is 1. The van der Waals surface area contributed by atoms with Crippen LogP contribution in [0.3, 0.4) is 0 Å². The van der Waals surface area contributed by atoms with Crippen molar-refractivity contribution in [3.8, 4) is 0 Å². The summed E-state index contributed by atoms with van der Waals surface area (Å²) in [6, 6.07) is 9.94. The molecule has 0 fully saturated rings. The van der Waals surface area contributed by atoms with Gasteiger partial charge in [-0.2, -0.15) is 0 Å². The summed E-state index contributed by atoms with van der Waals surface area (Å²) >= 11 is 1.51. The van der Waals surface area contributed by atoms with Gasteiger partial charge in [0.15, 0.2) is 0 Å². The smallest absolute Gasteiger partial charge is 0.271 e. The second kappa shape index (κ2) is 8.61. The molecular formula is C18H21N3O5S2. The van der Waals surface area contributed by atoms with Crippen molar-refractivity contribution in [3.05, 3.63) is 58.1 Å². The lowest BCUT2D eigenvalue weighted by Crippen LogP contribution is -2.45. The van der Waals surface area contributed by atoms with Crippen molar-refractivity contribution < 1.29 is 18.1 Å². The summed E-state index contributed by atoms with van der Waals surface area (Å²) in [6.45, 7) is 3.07. The van der Waals surface area contributed by atoms with Crippen LogP contribution >= 0.6 is 11.8 Å². The molecule has 1 atom stereocenters. The zero-order chi connectivity index (χ0) is 21.1. The number of thioether (sulfide) groups is 1. The van der Waals surface area contributed by atoms with Crippen LogP contribution in [0.25, 0.3) is 0 Å². The minimum absolute atomic E-state index is 0.0946. The highest BCUT2D eigenvalue weighted by Gasteiger charge is 2.31. The lowest BCUT2D eigenvalue weighted by atomic mass is 10.1. The number of amides is 1. The van der Waals surface area contributed by atoms with Gasteiger partial charge in [0.2, 0.25) is 15.9 Å². The van der Waals surface area contributed by atoms with Crippen molar-refractivity contribution in [1.29, 1.82) is 0 Å². The predicted molar refractivity (Wildman–Crippen MR) is 111 cm³/mol. The minimum atomic E-state index is -3.89. The lowest BCUT2D eigenvalue weighted by Gasteiger charge is -2.29. The number of hydrogen-bond acceptors (Lipinski definition) is 6. The number of nitrogens with zero attached hydrogens (tertiary/aromatic N) is 2. The number of hydrogen-bond donors (Lipinski definition) is 1. The Morgan fingerprint density at radius 1 is 1.25 bits per heavy atom. The van der Waals surface area contributed by atoms with Crippen LogP contribution in [0.15, 0.2) is 47.4 Å². The quantitative estimate of drug-likeness (QED) is 0.415. The molecular weight excluding hydrogens is 402 g/mol. The molecule has 2 aromatic rings. The van der Waals surface area contributed by atoms with E-state index in [2.05, 4.69) is 5.32 Å². The molecule has 8 nitrogen and oxygen atoms in total. The third-order valence-corrected chi connectivity index (χ3v) is 6.02. The van der Waals surface area contributed by atoms with Crippen LogP contribution in [0.2, 0.25) is 0 Å². The maximum absolute atomic E-state index is 12.7. The van der Waals surface area contributed by atoms with Crippen LogP contribution in [0.5, 0.6) is 0 Å². The van der Waals surface area contributed by atoms with E-state index in [1.54, 1.807) is 25.1 Å². The van der Waals surface area contributed by atoms with E-state index in [0.29, 0.717) is 11.3 Å². The summed E-state index contributed by atoms with van der Waals surface area (Å²) in [4.78, 5) is 24.2. The minimum Gasteiger partial charge on any atom is -0.324 e. The molecule has 1 amide bonds. The number of benzene rings is 2. The highest BCUT2D eigenvalue weighted by atomic mass is 32.2. The Labute approximate surface area is 168 Å². The summed E-state index contributed by atoms with van der Waals surface area (Å²) < 4.78 is 25.8. The summed E-state index contributed by atoms with van der Waals surface area (Å²) in [6.07, 6.45) is 2.86. The molecule has 0 unspecified atom stereocenters. The van der Waals surface area contributed by atoms with Crippen molar-refractivity contribution in [2.45, 2.75) is 24.8 Å². The average molecular weight is 424 g/mol. The first-order valence-electron chi connectivity index (χ1n) is 8.24. The number of nitro benzene ring substituents is 1. The number of nitrogens with one attached hydrogen (secondary N) is 1. The Bertz CT molecular complexity index is 1010. The Morgan fingerprint density at radius 3 is 2.50 bits per heavy atom. The molecule has 0 aliphatic rings. The molecule has 2 rings (SSSR count). The standard InChI is InChI=1S/C18H21N3O5S2/c1-12-8-9-15(21(23)24)11-17(12)20(28(4,25)26)13(2)18(22)19-14-6-5-7-16(10-14)27-3/h5-11,13H,1-4H3,(H,19,22)/t13-/m0/s1. The zero-order valence-corrected chi connectivity index (χ0v) is 17.5. The zero-order valence-electron chi connectivity index (χ0n) is 15.9. The Hall–Kier alpha value is -2.59. The topological polar surface area (TPSA) is 110 Å². The number of aryl methyl sites for hydroxylation is 1. The van der Waals surface area contributed by atoms with Crippen molar-refractivity contribution >= 4 is 44.8 Å². The lowest BCUT2D eigenvalue weighted by molar-refractivity contribution is -0.384. The summed E-state index contributed by atoms with van der Waals surface area (Å²) in [7, 11) is -3.89. The van der Waals surface area contributed by atoms with Gasteiger partial charge in [-0.25, -0.2) is 8.42 Å². The van der Waals surface area contributed by atoms with Crippen molar-refractivity contribution in [1.82, 2.24) is 0 Å². The van der Waals surface area contributed by atoms with Gasteiger partial charge in [0.05, 0.1) is 16.9 Å². The fourth-order valence-corrected chi connectivity index (χ4v) is 4.36. The van der Waals surface area contributed by atoms with Gasteiger partial charge in [0.1, 0.15) is 6.04 Å². The van der Waals surface area contributed by atoms with E-state index in [1.165, 1.54) is 30.8 Å². The summed E-state index contributed by atoms with van der Waals surface area (Å²) in [5.74, 6) is -0.547. The molecule has 0 spiro atoms. The molecule has 28 heavy (non-hydrogen) atoms. The van der Waals surface area contributed by atoms with Crippen LogP contribution in [0, 0.1) is 17.0 Å². The van der Waals surface area contributed by atoms with E-state index in [4.69, 9.17) is 0 Å². The second-order valence-electron chi connectivity index (χ2n) is 6.18. The van der Waals surface area contributed by atoms with Gasteiger partial charge in [0.25, 0.3) is 5.69 Å².